The van der Waals surface area contributed by atoms with Gasteiger partial charge in [-0.1, -0.05) is 67.6 Å². The van der Waals surface area contributed by atoms with Crippen molar-refractivity contribution in [3.8, 4) is 11.3 Å². The summed E-state index contributed by atoms with van der Waals surface area (Å²) in [5, 5.41) is 4.57. The van der Waals surface area contributed by atoms with E-state index in [9.17, 15) is 0 Å². The van der Waals surface area contributed by atoms with Gasteiger partial charge in [-0.2, -0.15) is 5.10 Å². The van der Waals surface area contributed by atoms with E-state index >= 15 is 0 Å². The zero-order valence-corrected chi connectivity index (χ0v) is 12.5. The van der Waals surface area contributed by atoms with Crippen LogP contribution in [0.5, 0.6) is 0 Å². The summed E-state index contributed by atoms with van der Waals surface area (Å²) < 4.78 is 2.13. The summed E-state index contributed by atoms with van der Waals surface area (Å²) in [5.74, 6) is 0.438. The van der Waals surface area contributed by atoms with Gasteiger partial charge >= 0.3 is 0 Å². The molecule has 106 valence electrons. The number of hydrogen-bond acceptors (Lipinski definition) is 1. The molecule has 0 spiro atoms. The Bertz CT molecular complexity index is 699. The van der Waals surface area contributed by atoms with Crippen molar-refractivity contribution in [3.63, 3.8) is 0 Å². The van der Waals surface area contributed by atoms with E-state index in [0.717, 1.165) is 6.54 Å². The predicted octanol–water partition coefficient (Wildman–Crippen LogP) is 4.66. The predicted molar refractivity (Wildman–Crippen MR) is 87.3 cm³/mol. The maximum atomic E-state index is 4.57. The molecule has 1 atom stereocenters. The van der Waals surface area contributed by atoms with Crippen LogP contribution in [0.1, 0.15) is 24.0 Å². The second-order valence-corrected chi connectivity index (χ2v) is 5.54. The van der Waals surface area contributed by atoms with Crippen LogP contribution in [-0.2, 0) is 6.54 Å². The Balaban J connectivity index is 1.91. The maximum absolute atomic E-state index is 4.57. The fourth-order valence-corrected chi connectivity index (χ4v) is 2.74. The van der Waals surface area contributed by atoms with Crippen molar-refractivity contribution in [1.29, 1.82) is 0 Å². The van der Waals surface area contributed by atoms with Gasteiger partial charge in [0.2, 0.25) is 0 Å². The molecule has 0 saturated heterocycles. The van der Waals surface area contributed by atoms with Crippen molar-refractivity contribution in [2.45, 2.75) is 26.3 Å². The minimum Gasteiger partial charge on any atom is -0.264 e. The lowest BCUT2D eigenvalue weighted by Gasteiger charge is -2.15. The zero-order valence-electron chi connectivity index (χ0n) is 12.5. The number of hydrogen-bond donors (Lipinski definition) is 0. The topological polar surface area (TPSA) is 17.8 Å². The van der Waals surface area contributed by atoms with Gasteiger partial charge < -0.3 is 0 Å². The van der Waals surface area contributed by atoms with Crippen LogP contribution in [0.2, 0.25) is 0 Å². The lowest BCUT2D eigenvalue weighted by Crippen LogP contribution is -2.09. The molecule has 0 amide bonds. The molecule has 1 aromatic heterocycles. The van der Waals surface area contributed by atoms with Crippen LogP contribution in [0.25, 0.3) is 11.3 Å². The second kappa shape index (κ2) is 5.96. The first-order chi connectivity index (χ1) is 10.3. The average molecular weight is 276 g/mol. The number of aryl methyl sites for hydroxylation is 1. The van der Waals surface area contributed by atoms with Crippen molar-refractivity contribution >= 4 is 0 Å². The van der Waals surface area contributed by atoms with Crippen molar-refractivity contribution in [2.75, 3.05) is 0 Å². The van der Waals surface area contributed by atoms with Crippen molar-refractivity contribution < 1.29 is 0 Å². The normalized spacial score (nSPS) is 12.3. The van der Waals surface area contributed by atoms with Crippen molar-refractivity contribution in [1.82, 2.24) is 9.78 Å². The molecule has 21 heavy (non-hydrogen) atoms. The molecule has 0 fully saturated rings. The van der Waals surface area contributed by atoms with E-state index in [1.165, 1.54) is 22.4 Å². The minimum absolute atomic E-state index is 0.438. The standard InChI is InChI=1S/C19H20N2/c1-15-13-20-21(19(15)18-11-7-4-8-12-18)14-16(2)17-9-5-3-6-10-17/h3-13,16H,14H2,1-2H3. The van der Waals surface area contributed by atoms with Gasteiger partial charge in [-0.25, -0.2) is 0 Å². The van der Waals surface area contributed by atoms with E-state index in [-0.39, 0.29) is 0 Å². The molecule has 1 unspecified atom stereocenters. The summed E-state index contributed by atoms with van der Waals surface area (Å²) in [6.07, 6.45) is 1.96. The molecular formula is C19H20N2. The summed E-state index contributed by atoms with van der Waals surface area (Å²) in [6.45, 7) is 5.27. The van der Waals surface area contributed by atoms with E-state index in [1.54, 1.807) is 0 Å². The molecule has 0 bridgehead atoms. The Hall–Kier alpha value is -2.35. The van der Waals surface area contributed by atoms with Crippen LogP contribution in [0, 0.1) is 6.92 Å². The Labute approximate surface area is 126 Å². The Morgan fingerprint density at radius 2 is 1.57 bits per heavy atom. The minimum atomic E-state index is 0.438. The SMILES string of the molecule is Cc1cnn(CC(C)c2ccccc2)c1-c1ccccc1. The molecule has 0 radical (unpaired) electrons. The summed E-state index contributed by atoms with van der Waals surface area (Å²) in [6, 6.07) is 21.1. The number of benzene rings is 2. The highest BCUT2D eigenvalue weighted by atomic mass is 15.3. The number of aromatic nitrogens is 2. The zero-order chi connectivity index (χ0) is 14.7. The van der Waals surface area contributed by atoms with Crippen LogP contribution < -0.4 is 0 Å². The number of nitrogens with zero attached hydrogens (tertiary/aromatic N) is 2. The smallest absolute Gasteiger partial charge is 0.0711 e. The fraction of sp³-hybridized carbons (Fsp3) is 0.211. The molecule has 3 aromatic rings. The first-order valence-corrected chi connectivity index (χ1v) is 7.38. The first kappa shape index (κ1) is 13.6. The highest BCUT2D eigenvalue weighted by molar-refractivity contribution is 5.62. The van der Waals surface area contributed by atoms with Gasteiger partial charge in [0.25, 0.3) is 0 Å². The van der Waals surface area contributed by atoms with Crippen LogP contribution in [0.15, 0.2) is 66.9 Å². The van der Waals surface area contributed by atoms with E-state index in [2.05, 4.69) is 78.2 Å². The van der Waals surface area contributed by atoms with E-state index < -0.39 is 0 Å². The van der Waals surface area contributed by atoms with E-state index in [1.807, 2.05) is 12.3 Å². The highest BCUT2D eigenvalue weighted by Crippen LogP contribution is 2.25. The maximum Gasteiger partial charge on any atom is 0.0711 e. The van der Waals surface area contributed by atoms with Crippen LogP contribution in [0.4, 0.5) is 0 Å². The monoisotopic (exact) mass is 276 g/mol. The second-order valence-electron chi connectivity index (χ2n) is 5.54. The highest BCUT2D eigenvalue weighted by Gasteiger charge is 2.13. The molecule has 3 rings (SSSR count). The third-order valence-corrected chi connectivity index (χ3v) is 3.89. The van der Waals surface area contributed by atoms with Gasteiger partial charge in [0, 0.05) is 18.0 Å². The lowest BCUT2D eigenvalue weighted by atomic mass is 10.0. The van der Waals surface area contributed by atoms with Gasteiger partial charge in [0.05, 0.1) is 11.9 Å². The van der Waals surface area contributed by atoms with Gasteiger partial charge in [-0.15, -0.1) is 0 Å². The molecule has 0 saturated carbocycles. The summed E-state index contributed by atoms with van der Waals surface area (Å²) in [4.78, 5) is 0. The van der Waals surface area contributed by atoms with Crippen molar-refractivity contribution in [3.05, 3.63) is 78.0 Å². The largest absolute Gasteiger partial charge is 0.264 e. The third kappa shape index (κ3) is 2.89. The molecule has 1 heterocycles. The van der Waals surface area contributed by atoms with Crippen molar-refractivity contribution in [2.24, 2.45) is 0 Å². The van der Waals surface area contributed by atoms with Gasteiger partial charge in [-0.3, -0.25) is 4.68 Å². The van der Waals surface area contributed by atoms with Gasteiger partial charge in [0.1, 0.15) is 0 Å². The van der Waals surface area contributed by atoms with Gasteiger partial charge in [0.15, 0.2) is 0 Å². The van der Waals surface area contributed by atoms with Crippen LogP contribution in [0.3, 0.4) is 0 Å². The molecule has 2 aromatic carbocycles. The fourth-order valence-electron chi connectivity index (χ4n) is 2.74. The molecular weight excluding hydrogens is 256 g/mol. The molecule has 0 aliphatic carbocycles. The third-order valence-electron chi connectivity index (χ3n) is 3.89. The average Bonchev–Trinajstić information content (AvgIpc) is 2.89. The van der Waals surface area contributed by atoms with E-state index in [0.29, 0.717) is 5.92 Å². The molecule has 0 aliphatic heterocycles. The summed E-state index contributed by atoms with van der Waals surface area (Å²) in [7, 11) is 0. The quantitative estimate of drug-likeness (QED) is 0.677. The Kier molecular flexibility index (Phi) is 3.87. The van der Waals surface area contributed by atoms with Crippen LogP contribution in [-0.4, -0.2) is 9.78 Å². The molecule has 2 nitrogen and oxygen atoms in total. The lowest BCUT2D eigenvalue weighted by molar-refractivity contribution is 0.548. The van der Waals surface area contributed by atoms with Crippen LogP contribution >= 0.6 is 0 Å². The summed E-state index contributed by atoms with van der Waals surface area (Å²) >= 11 is 0. The van der Waals surface area contributed by atoms with Gasteiger partial charge in [-0.05, 0) is 18.1 Å². The number of rotatable bonds is 4. The first-order valence-electron chi connectivity index (χ1n) is 7.38. The molecule has 0 N–H and O–H groups in total. The molecule has 2 heteroatoms. The van der Waals surface area contributed by atoms with E-state index in [4.69, 9.17) is 0 Å². The Morgan fingerprint density at radius 1 is 0.952 bits per heavy atom. The molecule has 0 aliphatic rings. The Morgan fingerprint density at radius 3 is 2.24 bits per heavy atom. The summed E-state index contributed by atoms with van der Waals surface area (Å²) in [5.41, 5.74) is 5.03.